The first-order chi connectivity index (χ1) is 14.0. The monoisotopic (exact) mass is 384 g/mol. The van der Waals surface area contributed by atoms with Crippen LogP contribution in [0.1, 0.15) is 19.4 Å². The van der Waals surface area contributed by atoms with Crippen molar-refractivity contribution in [1.82, 2.24) is 14.9 Å². The van der Waals surface area contributed by atoms with Gasteiger partial charge < -0.3 is 9.88 Å². The predicted molar refractivity (Wildman–Crippen MR) is 113 cm³/mol. The van der Waals surface area contributed by atoms with E-state index in [9.17, 15) is 9.59 Å². The molecule has 3 heterocycles. The standard InChI is InChI=1S/C23H20N4O2/c1-23(2)21(28)27(17-7-8-19-15(13-17)9-11-24-19)22(29)26(23)14-16-10-12-25-20-6-4-3-5-18(16)20/h3-13,24H,14H2,1-2H3. The smallest absolute Gasteiger partial charge is 0.332 e. The highest BCUT2D eigenvalue weighted by atomic mass is 16.2. The van der Waals surface area contributed by atoms with E-state index in [1.165, 1.54) is 4.90 Å². The number of imide groups is 1. The van der Waals surface area contributed by atoms with Crippen LogP contribution in [-0.2, 0) is 11.3 Å². The van der Waals surface area contributed by atoms with E-state index in [1.54, 1.807) is 31.0 Å². The number of urea groups is 1. The molecule has 4 aromatic rings. The molecule has 0 unspecified atom stereocenters. The molecule has 0 aliphatic carbocycles. The van der Waals surface area contributed by atoms with Gasteiger partial charge in [0, 0.05) is 35.2 Å². The Morgan fingerprint density at radius 2 is 1.86 bits per heavy atom. The van der Waals surface area contributed by atoms with Crippen molar-refractivity contribution in [1.29, 1.82) is 0 Å². The van der Waals surface area contributed by atoms with Gasteiger partial charge >= 0.3 is 6.03 Å². The highest BCUT2D eigenvalue weighted by Gasteiger charge is 2.51. The first kappa shape index (κ1) is 17.4. The fraction of sp³-hybridized carbons (Fsp3) is 0.174. The number of aromatic amines is 1. The van der Waals surface area contributed by atoms with Crippen molar-refractivity contribution in [2.45, 2.75) is 25.9 Å². The van der Waals surface area contributed by atoms with Crippen molar-refractivity contribution >= 4 is 39.4 Å². The van der Waals surface area contributed by atoms with E-state index < -0.39 is 5.54 Å². The molecule has 3 amide bonds. The first-order valence-corrected chi connectivity index (χ1v) is 9.53. The van der Waals surface area contributed by atoms with Crippen molar-refractivity contribution in [2.75, 3.05) is 4.90 Å². The van der Waals surface area contributed by atoms with E-state index in [4.69, 9.17) is 0 Å². The molecule has 0 spiro atoms. The number of benzene rings is 2. The Bertz CT molecular complexity index is 1270. The van der Waals surface area contributed by atoms with Crippen LogP contribution in [0.2, 0.25) is 0 Å². The number of pyridine rings is 1. The summed E-state index contributed by atoms with van der Waals surface area (Å²) in [5.41, 5.74) is 2.44. The van der Waals surface area contributed by atoms with Crippen molar-refractivity contribution in [3.8, 4) is 0 Å². The van der Waals surface area contributed by atoms with E-state index in [0.717, 1.165) is 27.4 Å². The normalized spacial score (nSPS) is 16.3. The number of para-hydroxylation sites is 1. The topological polar surface area (TPSA) is 69.3 Å². The molecule has 1 saturated heterocycles. The maximum absolute atomic E-state index is 13.4. The fourth-order valence-corrected chi connectivity index (χ4v) is 3.97. The summed E-state index contributed by atoms with van der Waals surface area (Å²) in [6.07, 6.45) is 3.58. The van der Waals surface area contributed by atoms with Crippen LogP contribution in [0.5, 0.6) is 0 Å². The SMILES string of the molecule is CC1(C)C(=O)N(c2ccc3[nH]ccc3c2)C(=O)N1Cc1ccnc2ccccc12. The number of carbonyl (C=O) groups excluding carboxylic acids is 2. The molecule has 0 bridgehead atoms. The number of hydrogen-bond acceptors (Lipinski definition) is 3. The van der Waals surface area contributed by atoms with E-state index in [-0.39, 0.29) is 11.9 Å². The number of nitrogens with zero attached hydrogens (tertiary/aromatic N) is 3. The summed E-state index contributed by atoms with van der Waals surface area (Å²) in [5.74, 6) is -0.226. The number of rotatable bonds is 3. The second-order valence-electron chi connectivity index (χ2n) is 7.80. The zero-order valence-electron chi connectivity index (χ0n) is 16.2. The summed E-state index contributed by atoms with van der Waals surface area (Å²) in [4.78, 5) is 37.0. The minimum Gasteiger partial charge on any atom is -0.361 e. The molecule has 1 aliphatic rings. The van der Waals surface area contributed by atoms with Crippen LogP contribution in [0.25, 0.3) is 21.8 Å². The lowest BCUT2D eigenvalue weighted by atomic mass is 10.0. The zero-order valence-corrected chi connectivity index (χ0v) is 16.2. The van der Waals surface area contributed by atoms with E-state index >= 15 is 0 Å². The predicted octanol–water partition coefficient (Wildman–Crippen LogP) is 4.46. The van der Waals surface area contributed by atoms with Gasteiger partial charge in [-0.2, -0.15) is 0 Å². The number of aromatic nitrogens is 2. The number of amides is 3. The number of fused-ring (bicyclic) bond motifs is 2. The summed E-state index contributed by atoms with van der Waals surface area (Å²) in [6.45, 7) is 3.93. The van der Waals surface area contributed by atoms with Crippen LogP contribution < -0.4 is 4.90 Å². The molecule has 5 rings (SSSR count). The molecule has 1 N–H and O–H groups in total. The summed E-state index contributed by atoms with van der Waals surface area (Å²) >= 11 is 0. The number of nitrogens with one attached hydrogen (secondary N) is 1. The molecule has 2 aromatic carbocycles. The summed E-state index contributed by atoms with van der Waals surface area (Å²) in [5, 5.41) is 1.94. The Morgan fingerprint density at radius 1 is 1.03 bits per heavy atom. The number of H-pyrrole nitrogens is 1. The lowest BCUT2D eigenvalue weighted by Gasteiger charge is -2.28. The van der Waals surface area contributed by atoms with E-state index in [1.807, 2.05) is 54.7 Å². The average molecular weight is 384 g/mol. The third-order valence-electron chi connectivity index (χ3n) is 5.69. The quantitative estimate of drug-likeness (QED) is 0.530. The summed E-state index contributed by atoms with van der Waals surface area (Å²) in [7, 11) is 0. The van der Waals surface area contributed by atoms with Crippen molar-refractivity contribution < 1.29 is 9.59 Å². The van der Waals surface area contributed by atoms with Gasteiger partial charge in [0.25, 0.3) is 5.91 Å². The summed E-state index contributed by atoms with van der Waals surface area (Å²) < 4.78 is 0. The third-order valence-corrected chi connectivity index (χ3v) is 5.69. The third kappa shape index (κ3) is 2.60. The van der Waals surface area contributed by atoms with Crippen LogP contribution in [0.4, 0.5) is 10.5 Å². The Morgan fingerprint density at radius 3 is 2.72 bits per heavy atom. The molecule has 29 heavy (non-hydrogen) atoms. The molecular weight excluding hydrogens is 364 g/mol. The number of hydrogen-bond donors (Lipinski definition) is 1. The minimum absolute atomic E-state index is 0.226. The molecule has 1 aliphatic heterocycles. The Balaban J connectivity index is 1.55. The molecule has 2 aromatic heterocycles. The lowest BCUT2D eigenvalue weighted by molar-refractivity contribution is -0.123. The van der Waals surface area contributed by atoms with Crippen LogP contribution in [0.3, 0.4) is 0 Å². The molecule has 6 nitrogen and oxygen atoms in total. The van der Waals surface area contributed by atoms with Gasteiger partial charge in [-0.15, -0.1) is 0 Å². The maximum atomic E-state index is 13.4. The first-order valence-electron chi connectivity index (χ1n) is 9.53. The second-order valence-corrected chi connectivity index (χ2v) is 7.80. The van der Waals surface area contributed by atoms with Gasteiger partial charge in [-0.25, -0.2) is 9.69 Å². The van der Waals surface area contributed by atoms with Crippen molar-refractivity contribution in [3.05, 3.63) is 72.6 Å². The van der Waals surface area contributed by atoms with Crippen molar-refractivity contribution in [2.24, 2.45) is 0 Å². The van der Waals surface area contributed by atoms with Crippen LogP contribution in [0.15, 0.2) is 67.0 Å². The lowest BCUT2D eigenvalue weighted by Crippen LogP contribution is -2.43. The number of anilines is 1. The van der Waals surface area contributed by atoms with Gasteiger partial charge in [0.15, 0.2) is 0 Å². The van der Waals surface area contributed by atoms with Gasteiger partial charge in [-0.1, -0.05) is 18.2 Å². The maximum Gasteiger partial charge on any atom is 0.332 e. The zero-order chi connectivity index (χ0) is 20.2. The van der Waals surface area contributed by atoms with Crippen LogP contribution in [0, 0.1) is 0 Å². The highest BCUT2D eigenvalue weighted by Crippen LogP contribution is 2.35. The average Bonchev–Trinajstić information content (AvgIpc) is 3.25. The van der Waals surface area contributed by atoms with Crippen LogP contribution in [-0.4, -0.2) is 32.3 Å². The second kappa shape index (κ2) is 6.17. The molecular formula is C23H20N4O2. The van der Waals surface area contributed by atoms with Crippen LogP contribution >= 0.6 is 0 Å². The van der Waals surface area contributed by atoms with Gasteiger partial charge in [0.2, 0.25) is 0 Å². The minimum atomic E-state index is -0.950. The molecule has 0 saturated carbocycles. The van der Waals surface area contributed by atoms with Crippen molar-refractivity contribution in [3.63, 3.8) is 0 Å². The molecule has 6 heteroatoms. The fourth-order valence-electron chi connectivity index (χ4n) is 3.97. The Kier molecular flexibility index (Phi) is 3.71. The molecule has 0 atom stereocenters. The molecule has 144 valence electrons. The molecule has 0 radical (unpaired) electrons. The number of carbonyl (C=O) groups is 2. The Hall–Kier alpha value is -3.67. The van der Waals surface area contributed by atoms with Gasteiger partial charge in [0.1, 0.15) is 5.54 Å². The largest absolute Gasteiger partial charge is 0.361 e. The van der Waals surface area contributed by atoms with Gasteiger partial charge in [0.05, 0.1) is 11.2 Å². The van der Waals surface area contributed by atoms with Gasteiger partial charge in [-0.05, 0) is 55.8 Å². The Labute approximate surface area is 167 Å². The summed E-state index contributed by atoms with van der Waals surface area (Å²) in [6, 6.07) is 16.9. The highest BCUT2D eigenvalue weighted by molar-refractivity contribution is 6.23. The van der Waals surface area contributed by atoms with E-state index in [0.29, 0.717) is 12.2 Å². The van der Waals surface area contributed by atoms with E-state index in [2.05, 4.69) is 9.97 Å². The molecule has 1 fully saturated rings. The van der Waals surface area contributed by atoms with Gasteiger partial charge in [-0.3, -0.25) is 9.78 Å².